The van der Waals surface area contributed by atoms with Crippen molar-refractivity contribution in [2.75, 3.05) is 19.7 Å². The van der Waals surface area contributed by atoms with E-state index in [0.717, 1.165) is 5.75 Å². The van der Waals surface area contributed by atoms with E-state index in [1.807, 2.05) is 32.6 Å². The average Bonchev–Trinajstić information content (AvgIpc) is 2.57. The molecule has 5 heteroatoms. The van der Waals surface area contributed by atoms with E-state index in [1.165, 1.54) is 0 Å². The van der Waals surface area contributed by atoms with Crippen LogP contribution in [0.2, 0.25) is 0 Å². The zero-order valence-corrected chi connectivity index (χ0v) is 16.3. The average molecular weight is 348 g/mol. The fourth-order valence-electron chi connectivity index (χ4n) is 2.62. The Bertz CT molecular complexity index is 553. The van der Waals surface area contributed by atoms with Gasteiger partial charge in [0, 0.05) is 18.7 Å². The third kappa shape index (κ3) is 6.40. The molecule has 0 radical (unpaired) electrons. The van der Waals surface area contributed by atoms with Gasteiger partial charge in [-0.25, -0.2) is 0 Å². The maximum Gasteiger partial charge on any atom is 0.251 e. The van der Waals surface area contributed by atoms with Crippen LogP contribution in [0.4, 0.5) is 0 Å². The molecule has 0 heterocycles. The molecule has 1 atom stereocenters. The van der Waals surface area contributed by atoms with Crippen LogP contribution in [-0.4, -0.2) is 42.5 Å². The van der Waals surface area contributed by atoms with Crippen molar-refractivity contribution in [3.05, 3.63) is 29.8 Å². The van der Waals surface area contributed by atoms with E-state index in [-0.39, 0.29) is 17.7 Å². The van der Waals surface area contributed by atoms with E-state index in [0.29, 0.717) is 31.2 Å². The van der Waals surface area contributed by atoms with Crippen molar-refractivity contribution in [1.82, 2.24) is 10.2 Å². The Labute approximate surface area is 151 Å². The second-order valence-electron chi connectivity index (χ2n) is 6.92. The third-order valence-corrected chi connectivity index (χ3v) is 3.93. The van der Waals surface area contributed by atoms with E-state index >= 15 is 0 Å². The summed E-state index contributed by atoms with van der Waals surface area (Å²) < 4.78 is 5.39. The number of ether oxygens (including phenoxy) is 1. The van der Waals surface area contributed by atoms with Crippen LogP contribution in [-0.2, 0) is 4.79 Å². The number of benzene rings is 1. The predicted octanol–water partition coefficient (Wildman–Crippen LogP) is 3.34. The lowest BCUT2D eigenvalue weighted by Crippen LogP contribution is -2.52. The van der Waals surface area contributed by atoms with E-state index in [4.69, 9.17) is 4.74 Å². The van der Waals surface area contributed by atoms with E-state index in [1.54, 1.807) is 24.3 Å². The zero-order valence-electron chi connectivity index (χ0n) is 16.3. The number of nitrogens with zero attached hydrogens (tertiary/aromatic N) is 1. The number of hydrogen-bond donors (Lipinski definition) is 1. The van der Waals surface area contributed by atoms with Crippen molar-refractivity contribution in [2.45, 2.75) is 47.6 Å². The van der Waals surface area contributed by atoms with Crippen LogP contribution in [0.5, 0.6) is 5.75 Å². The zero-order chi connectivity index (χ0) is 19.0. The van der Waals surface area contributed by atoms with Crippen LogP contribution in [0, 0.1) is 11.8 Å². The number of carbonyl (C=O) groups is 2. The first kappa shape index (κ1) is 21.0. The highest BCUT2D eigenvalue weighted by Gasteiger charge is 2.28. The highest BCUT2D eigenvalue weighted by molar-refractivity contribution is 5.97. The molecule has 140 valence electrons. The van der Waals surface area contributed by atoms with Gasteiger partial charge in [0.15, 0.2) is 0 Å². The Morgan fingerprint density at radius 3 is 2.12 bits per heavy atom. The Morgan fingerprint density at radius 1 is 1.08 bits per heavy atom. The van der Waals surface area contributed by atoms with Crippen molar-refractivity contribution in [3.63, 3.8) is 0 Å². The standard InChI is InChI=1S/C20H32N2O3/c1-7-22(13-14(3)4)20(24)18(15(5)6)21-19(23)16-9-11-17(12-10-16)25-8-2/h9-12,14-15,18H,7-8,13H2,1-6H3,(H,21,23). The summed E-state index contributed by atoms with van der Waals surface area (Å²) in [5.74, 6) is 0.865. The van der Waals surface area contributed by atoms with Crippen LogP contribution in [0.1, 0.15) is 51.9 Å². The fraction of sp³-hybridized carbons (Fsp3) is 0.600. The van der Waals surface area contributed by atoms with Gasteiger partial charge >= 0.3 is 0 Å². The molecular formula is C20H32N2O3. The first-order valence-corrected chi connectivity index (χ1v) is 9.12. The molecule has 0 aliphatic heterocycles. The number of rotatable bonds is 9. The van der Waals surface area contributed by atoms with Gasteiger partial charge in [0.1, 0.15) is 11.8 Å². The van der Waals surface area contributed by atoms with Gasteiger partial charge in [-0.3, -0.25) is 9.59 Å². The molecule has 0 fully saturated rings. The topological polar surface area (TPSA) is 58.6 Å². The quantitative estimate of drug-likeness (QED) is 0.744. The smallest absolute Gasteiger partial charge is 0.251 e. The van der Waals surface area contributed by atoms with Gasteiger partial charge < -0.3 is 15.0 Å². The molecule has 1 rings (SSSR count). The molecule has 1 aromatic rings. The van der Waals surface area contributed by atoms with E-state index in [2.05, 4.69) is 19.2 Å². The summed E-state index contributed by atoms with van der Waals surface area (Å²) >= 11 is 0. The predicted molar refractivity (Wildman–Crippen MR) is 101 cm³/mol. The number of likely N-dealkylation sites (N-methyl/N-ethyl adjacent to an activating group) is 1. The molecule has 1 N–H and O–H groups in total. The molecule has 1 unspecified atom stereocenters. The van der Waals surface area contributed by atoms with E-state index < -0.39 is 6.04 Å². The van der Waals surface area contributed by atoms with Gasteiger partial charge in [-0.2, -0.15) is 0 Å². The summed E-state index contributed by atoms with van der Waals surface area (Å²) in [6.45, 7) is 13.9. The molecule has 5 nitrogen and oxygen atoms in total. The molecule has 1 aromatic carbocycles. The highest BCUT2D eigenvalue weighted by atomic mass is 16.5. The Morgan fingerprint density at radius 2 is 1.68 bits per heavy atom. The largest absolute Gasteiger partial charge is 0.494 e. The molecule has 25 heavy (non-hydrogen) atoms. The summed E-state index contributed by atoms with van der Waals surface area (Å²) in [7, 11) is 0. The van der Waals surface area contributed by atoms with Crippen LogP contribution in [0.3, 0.4) is 0 Å². The van der Waals surface area contributed by atoms with Crippen molar-refractivity contribution in [1.29, 1.82) is 0 Å². The molecule has 0 aromatic heterocycles. The Kier molecular flexibility index (Phi) is 8.46. The summed E-state index contributed by atoms with van der Waals surface area (Å²) in [6, 6.07) is 6.43. The second-order valence-corrected chi connectivity index (χ2v) is 6.92. The SMILES string of the molecule is CCOc1ccc(C(=O)NC(C(=O)N(CC)CC(C)C)C(C)C)cc1. The van der Waals surface area contributed by atoms with Crippen LogP contribution in [0.15, 0.2) is 24.3 Å². The first-order valence-electron chi connectivity index (χ1n) is 9.12. The minimum Gasteiger partial charge on any atom is -0.494 e. The number of carbonyl (C=O) groups excluding carboxylic acids is 2. The molecule has 0 aliphatic carbocycles. The summed E-state index contributed by atoms with van der Waals surface area (Å²) in [6.07, 6.45) is 0. The minimum atomic E-state index is -0.530. The Balaban J connectivity index is 2.85. The lowest BCUT2D eigenvalue weighted by atomic mass is 10.0. The van der Waals surface area contributed by atoms with Gasteiger partial charge in [0.25, 0.3) is 5.91 Å². The van der Waals surface area contributed by atoms with Gasteiger partial charge in [0.05, 0.1) is 6.61 Å². The van der Waals surface area contributed by atoms with Crippen molar-refractivity contribution < 1.29 is 14.3 Å². The first-order chi connectivity index (χ1) is 11.8. The molecule has 0 aliphatic rings. The second kappa shape index (κ2) is 10.1. The third-order valence-electron chi connectivity index (χ3n) is 3.93. The van der Waals surface area contributed by atoms with Crippen LogP contribution in [0.25, 0.3) is 0 Å². The van der Waals surface area contributed by atoms with Crippen molar-refractivity contribution in [2.24, 2.45) is 11.8 Å². The van der Waals surface area contributed by atoms with Crippen molar-refractivity contribution in [3.8, 4) is 5.75 Å². The highest BCUT2D eigenvalue weighted by Crippen LogP contribution is 2.14. The summed E-state index contributed by atoms with van der Waals surface area (Å²) in [5.41, 5.74) is 0.522. The Hall–Kier alpha value is -2.04. The number of nitrogens with one attached hydrogen (secondary N) is 1. The summed E-state index contributed by atoms with van der Waals surface area (Å²) in [5, 5.41) is 2.90. The van der Waals surface area contributed by atoms with Crippen LogP contribution < -0.4 is 10.1 Å². The summed E-state index contributed by atoms with van der Waals surface area (Å²) in [4.78, 5) is 27.2. The molecule has 0 saturated heterocycles. The maximum atomic E-state index is 12.8. The van der Waals surface area contributed by atoms with Gasteiger partial charge in [-0.05, 0) is 49.9 Å². The minimum absolute atomic E-state index is 0.0142. The van der Waals surface area contributed by atoms with Crippen molar-refractivity contribution >= 4 is 11.8 Å². The molecule has 0 spiro atoms. The maximum absolute atomic E-state index is 12.8. The van der Waals surface area contributed by atoms with Gasteiger partial charge in [-0.15, -0.1) is 0 Å². The lowest BCUT2D eigenvalue weighted by Gasteiger charge is -2.30. The number of hydrogen-bond acceptors (Lipinski definition) is 3. The molecule has 0 bridgehead atoms. The fourth-order valence-corrected chi connectivity index (χ4v) is 2.62. The molecule has 0 saturated carbocycles. The molecular weight excluding hydrogens is 316 g/mol. The lowest BCUT2D eigenvalue weighted by molar-refractivity contribution is -0.134. The molecule has 2 amide bonds. The monoisotopic (exact) mass is 348 g/mol. The number of amides is 2. The van der Waals surface area contributed by atoms with E-state index in [9.17, 15) is 9.59 Å². The van der Waals surface area contributed by atoms with Gasteiger partial charge in [-0.1, -0.05) is 27.7 Å². The van der Waals surface area contributed by atoms with Gasteiger partial charge in [0.2, 0.25) is 5.91 Å². The normalized spacial score (nSPS) is 12.2. The van der Waals surface area contributed by atoms with Crippen LogP contribution >= 0.6 is 0 Å².